The molecule has 0 saturated heterocycles. The van der Waals surface area contributed by atoms with E-state index in [4.69, 9.17) is 0 Å². The topological polar surface area (TPSA) is 129 Å². The Morgan fingerprint density at radius 2 is 1.71 bits per heavy atom. The van der Waals surface area contributed by atoms with Crippen LogP contribution >= 0.6 is 0 Å². The molecule has 1 aliphatic rings. The average Bonchev–Trinajstić information content (AvgIpc) is 3.44. The second kappa shape index (κ2) is 14.7. The van der Waals surface area contributed by atoms with Crippen LogP contribution in [0.3, 0.4) is 0 Å². The quantitative estimate of drug-likeness (QED) is 0.165. The van der Waals surface area contributed by atoms with E-state index in [2.05, 4.69) is 25.6 Å². The minimum Gasteiger partial charge on any atom is -0.481 e. The lowest BCUT2D eigenvalue weighted by Gasteiger charge is -2.24. The van der Waals surface area contributed by atoms with Gasteiger partial charge < -0.3 is 20.6 Å². The summed E-state index contributed by atoms with van der Waals surface area (Å²) in [5.74, 6) is -4.32. The standard InChI is InChI=1S/C37H42F2N6O4/c1-20(2)12-28(37(49)42-31-8-7-9-32(41-31)45-19-25-18-44(6)11-10-29(25)43-45)36(48)40-30(17-33(46)47)27-16-24(13-23(5)35(27)39)34-21(3)14-26(38)15-22(34)4/h7-9,13-16,19-20,28,30H,10-12,17-18H2,1-6H3,(H,40,48)(H,46,47)(H,41,42,49)/t28-,30-/m0/s1. The fourth-order valence-corrected chi connectivity index (χ4v) is 6.46. The Morgan fingerprint density at radius 3 is 2.39 bits per heavy atom. The number of amides is 2. The average molecular weight is 673 g/mol. The number of carboxylic acids is 1. The van der Waals surface area contributed by atoms with Crippen molar-refractivity contribution in [1.82, 2.24) is 25.0 Å². The van der Waals surface area contributed by atoms with Crippen molar-refractivity contribution in [3.63, 3.8) is 0 Å². The lowest BCUT2D eigenvalue weighted by molar-refractivity contribution is -0.138. The number of aliphatic carboxylic acids is 1. The van der Waals surface area contributed by atoms with Crippen LogP contribution < -0.4 is 10.6 Å². The zero-order valence-electron chi connectivity index (χ0n) is 28.6. The molecule has 1 aliphatic heterocycles. The van der Waals surface area contributed by atoms with Gasteiger partial charge in [0.25, 0.3) is 0 Å². The summed E-state index contributed by atoms with van der Waals surface area (Å²) in [6.07, 6.45) is 2.26. The number of carbonyl (C=O) groups excluding carboxylic acids is 2. The summed E-state index contributed by atoms with van der Waals surface area (Å²) >= 11 is 0. The van der Waals surface area contributed by atoms with Gasteiger partial charge in [0.05, 0.1) is 18.2 Å². The largest absolute Gasteiger partial charge is 0.481 e. The van der Waals surface area contributed by atoms with E-state index in [1.54, 1.807) is 49.7 Å². The normalized spacial score (nSPS) is 14.3. The molecule has 2 aromatic carbocycles. The lowest BCUT2D eigenvalue weighted by atomic mass is 9.90. The van der Waals surface area contributed by atoms with Crippen molar-refractivity contribution < 1.29 is 28.3 Å². The molecule has 3 N–H and O–H groups in total. The molecule has 0 saturated carbocycles. The molecule has 10 nitrogen and oxygen atoms in total. The number of halogens is 2. The Hall–Kier alpha value is -4.97. The van der Waals surface area contributed by atoms with Crippen molar-refractivity contribution in [1.29, 1.82) is 0 Å². The van der Waals surface area contributed by atoms with Crippen molar-refractivity contribution in [2.75, 3.05) is 18.9 Å². The molecule has 0 aliphatic carbocycles. The van der Waals surface area contributed by atoms with Gasteiger partial charge in [-0.2, -0.15) is 5.10 Å². The van der Waals surface area contributed by atoms with Crippen LogP contribution in [0.1, 0.15) is 66.2 Å². The first-order chi connectivity index (χ1) is 23.2. The summed E-state index contributed by atoms with van der Waals surface area (Å²) in [6.45, 7) is 10.4. The van der Waals surface area contributed by atoms with Gasteiger partial charge in [0.1, 0.15) is 23.4 Å². The lowest BCUT2D eigenvalue weighted by Crippen LogP contribution is -2.41. The number of fused-ring (bicyclic) bond motifs is 1. The molecule has 0 fully saturated rings. The van der Waals surface area contributed by atoms with Gasteiger partial charge in [0.15, 0.2) is 5.82 Å². The summed E-state index contributed by atoms with van der Waals surface area (Å²) in [5.41, 5.74) is 4.78. The number of nitrogens with one attached hydrogen (secondary N) is 2. The Kier molecular flexibility index (Phi) is 10.6. The fourth-order valence-electron chi connectivity index (χ4n) is 6.46. The smallest absolute Gasteiger partial charge is 0.305 e. The number of aromatic nitrogens is 3. The second-order valence-corrected chi connectivity index (χ2v) is 13.4. The van der Waals surface area contributed by atoms with Crippen LogP contribution in [-0.4, -0.2) is 56.1 Å². The molecule has 4 aromatic rings. The second-order valence-electron chi connectivity index (χ2n) is 13.4. The van der Waals surface area contributed by atoms with Crippen LogP contribution in [0.15, 0.2) is 48.7 Å². The molecular weight excluding hydrogens is 630 g/mol. The Labute approximate surface area is 284 Å². The number of anilines is 1. The van der Waals surface area contributed by atoms with E-state index >= 15 is 4.39 Å². The number of carboxylic acid groups (broad SMARTS) is 1. The monoisotopic (exact) mass is 672 g/mol. The van der Waals surface area contributed by atoms with Crippen molar-refractivity contribution in [3.8, 4) is 16.9 Å². The van der Waals surface area contributed by atoms with E-state index in [1.807, 2.05) is 27.1 Å². The van der Waals surface area contributed by atoms with E-state index in [-0.39, 0.29) is 29.3 Å². The maximum absolute atomic E-state index is 15.7. The maximum atomic E-state index is 15.7. The predicted molar refractivity (Wildman–Crippen MR) is 182 cm³/mol. The third-order valence-electron chi connectivity index (χ3n) is 8.75. The molecule has 5 rings (SSSR count). The first-order valence-electron chi connectivity index (χ1n) is 16.3. The van der Waals surface area contributed by atoms with Gasteiger partial charge >= 0.3 is 5.97 Å². The highest BCUT2D eigenvalue weighted by Gasteiger charge is 2.32. The number of aryl methyl sites for hydroxylation is 3. The summed E-state index contributed by atoms with van der Waals surface area (Å²) in [7, 11) is 2.05. The van der Waals surface area contributed by atoms with Crippen LogP contribution in [0.5, 0.6) is 0 Å². The van der Waals surface area contributed by atoms with Gasteiger partial charge in [-0.15, -0.1) is 0 Å². The number of likely N-dealkylation sites (N-methyl/N-ethyl adjacent to an activating group) is 1. The molecule has 2 amide bonds. The molecular formula is C37H42F2N6O4. The van der Waals surface area contributed by atoms with Crippen LogP contribution in [0.25, 0.3) is 16.9 Å². The Balaban J connectivity index is 1.41. The van der Waals surface area contributed by atoms with Gasteiger partial charge in [-0.3, -0.25) is 14.4 Å². The Bertz CT molecular complexity index is 1880. The van der Waals surface area contributed by atoms with Gasteiger partial charge in [-0.1, -0.05) is 19.9 Å². The maximum Gasteiger partial charge on any atom is 0.305 e. The molecule has 0 radical (unpaired) electrons. The molecule has 2 atom stereocenters. The highest BCUT2D eigenvalue weighted by Crippen LogP contribution is 2.34. The zero-order valence-corrected chi connectivity index (χ0v) is 28.6. The summed E-state index contributed by atoms with van der Waals surface area (Å²) in [4.78, 5) is 46.3. The number of hydrogen-bond donors (Lipinski definition) is 3. The number of hydrogen-bond acceptors (Lipinski definition) is 6. The number of pyridine rings is 1. The summed E-state index contributed by atoms with van der Waals surface area (Å²) in [6, 6.07) is 9.66. The number of carbonyl (C=O) groups is 3. The summed E-state index contributed by atoms with van der Waals surface area (Å²) in [5, 5.41) is 19.9. The first kappa shape index (κ1) is 35.3. The minimum atomic E-state index is -1.29. The van der Waals surface area contributed by atoms with Gasteiger partial charge in [0, 0.05) is 36.8 Å². The fraction of sp³-hybridized carbons (Fsp3) is 0.378. The van der Waals surface area contributed by atoms with Crippen LogP contribution in [0, 0.1) is 44.2 Å². The van der Waals surface area contributed by atoms with E-state index in [0.29, 0.717) is 28.1 Å². The number of rotatable bonds is 11. The van der Waals surface area contributed by atoms with Crippen LogP contribution in [0.4, 0.5) is 14.6 Å². The number of benzene rings is 2. The number of nitrogens with zero attached hydrogens (tertiary/aromatic N) is 4. The molecule has 0 unspecified atom stereocenters. The highest BCUT2D eigenvalue weighted by molar-refractivity contribution is 6.06. The van der Waals surface area contributed by atoms with Gasteiger partial charge in [-0.25, -0.2) is 18.4 Å². The van der Waals surface area contributed by atoms with Crippen molar-refractivity contribution in [2.45, 2.75) is 66.5 Å². The molecule has 0 spiro atoms. The first-order valence-corrected chi connectivity index (χ1v) is 16.3. The Morgan fingerprint density at radius 1 is 1.00 bits per heavy atom. The zero-order chi connectivity index (χ0) is 35.6. The molecule has 49 heavy (non-hydrogen) atoms. The molecule has 0 bridgehead atoms. The SMILES string of the molecule is Cc1cc(-c2c(C)cc(F)cc2C)cc([C@H](CC(=O)O)NC(=O)[C@H](CC(C)C)C(=O)Nc2cccc(-n3cc4c(n3)CCN(C)C4)n2)c1F. The molecule has 3 heterocycles. The van der Waals surface area contributed by atoms with Crippen LogP contribution in [-0.2, 0) is 27.3 Å². The minimum absolute atomic E-state index is 0.0416. The van der Waals surface area contributed by atoms with Crippen molar-refractivity contribution in [2.24, 2.45) is 11.8 Å². The van der Waals surface area contributed by atoms with Crippen molar-refractivity contribution in [3.05, 3.63) is 93.8 Å². The van der Waals surface area contributed by atoms with Crippen LogP contribution in [0.2, 0.25) is 0 Å². The van der Waals surface area contributed by atoms with Gasteiger partial charge in [0.2, 0.25) is 11.8 Å². The van der Waals surface area contributed by atoms with E-state index in [1.165, 1.54) is 18.2 Å². The van der Waals surface area contributed by atoms with E-state index in [9.17, 15) is 23.9 Å². The van der Waals surface area contributed by atoms with Gasteiger partial charge in [-0.05, 0) is 104 Å². The summed E-state index contributed by atoms with van der Waals surface area (Å²) < 4.78 is 31.5. The predicted octanol–water partition coefficient (Wildman–Crippen LogP) is 6.06. The van der Waals surface area contributed by atoms with E-state index in [0.717, 1.165) is 30.8 Å². The highest BCUT2D eigenvalue weighted by atomic mass is 19.1. The molecule has 12 heteroatoms. The van der Waals surface area contributed by atoms with Crippen molar-refractivity contribution >= 4 is 23.6 Å². The molecule has 258 valence electrons. The third kappa shape index (κ3) is 8.19. The van der Waals surface area contributed by atoms with E-state index < -0.39 is 47.8 Å². The third-order valence-corrected chi connectivity index (χ3v) is 8.75. The molecule has 2 aromatic heterocycles.